The highest BCUT2D eigenvalue weighted by Gasteiger charge is 2.14. The SMILES string of the molecule is Cc1nc(C)c(CNC(=O)Cc2ccc(CC3CCNC3)cc2)s1.Cl.Cl. The topological polar surface area (TPSA) is 54.0 Å². The summed E-state index contributed by atoms with van der Waals surface area (Å²) in [7, 11) is 0. The first-order valence-corrected chi connectivity index (χ1v) is 9.40. The van der Waals surface area contributed by atoms with Crippen LogP contribution in [0.15, 0.2) is 24.3 Å². The number of carbonyl (C=O) groups is 1. The molecule has 0 spiro atoms. The van der Waals surface area contributed by atoms with E-state index in [4.69, 9.17) is 0 Å². The summed E-state index contributed by atoms with van der Waals surface area (Å²) < 4.78 is 0. The highest BCUT2D eigenvalue weighted by atomic mass is 35.5. The fourth-order valence-corrected chi connectivity index (χ4v) is 4.06. The van der Waals surface area contributed by atoms with Gasteiger partial charge in [0.2, 0.25) is 5.91 Å². The fraction of sp³-hybridized carbons (Fsp3) is 0.474. The monoisotopic (exact) mass is 415 g/mol. The van der Waals surface area contributed by atoms with Crippen LogP contribution in [-0.4, -0.2) is 24.0 Å². The minimum absolute atomic E-state index is 0. The molecule has 1 saturated heterocycles. The van der Waals surface area contributed by atoms with E-state index in [1.807, 2.05) is 13.8 Å². The quantitative estimate of drug-likeness (QED) is 0.757. The van der Waals surface area contributed by atoms with Gasteiger partial charge in [0.15, 0.2) is 0 Å². The molecule has 1 aliphatic heterocycles. The zero-order valence-corrected chi connectivity index (χ0v) is 17.7. The van der Waals surface area contributed by atoms with Gasteiger partial charge in [0, 0.05) is 4.88 Å². The molecule has 1 amide bonds. The Morgan fingerprint density at radius 2 is 1.92 bits per heavy atom. The maximum atomic E-state index is 12.1. The van der Waals surface area contributed by atoms with Crippen molar-refractivity contribution < 1.29 is 4.79 Å². The number of halogens is 2. The van der Waals surface area contributed by atoms with Crippen LogP contribution in [-0.2, 0) is 24.2 Å². The molecular weight excluding hydrogens is 389 g/mol. The third-order valence-electron chi connectivity index (χ3n) is 4.52. The van der Waals surface area contributed by atoms with Crippen LogP contribution in [0.25, 0.3) is 0 Å². The Morgan fingerprint density at radius 1 is 1.23 bits per heavy atom. The zero-order chi connectivity index (χ0) is 16.9. The highest BCUT2D eigenvalue weighted by Crippen LogP contribution is 2.17. The van der Waals surface area contributed by atoms with Crippen LogP contribution in [0.5, 0.6) is 0 Å². The molecule has 0 bridgehead atoms. The molecule has 1 aliphatic rings. The van der Waals surface area contributed by atoms with Crippen LogP contribution < -0.4 is 10.6 Å². The Bertz CT molecular complexity index is 697. The molecule has 144 valence electrons. The average Bonchev–Trinajstić information content (AvgIpc) is 3.17. The summed E-state index contributed by atoms with van der Waals surface area (Å²) in [6.07, 6.45) is 2.83. The molecule has 2 N–H and O–H groups in total. The van der Waals surface area contributed by atoms with Crippen LogP contribution in [0.3, 0.4) is 0 Å². The van der Waals surface area contributed by atoms with E-state index >= 15 is 0 Å². The van der Waals surface area contributed by atoms with Crippen molar-refractivity contribution in [3.63, 3.8) is 0 Å². The molecule has 26 heavy (non-hydrogen) atoms. The molecule has 4 nitrogen and oxygen atoms in total. The van der Waals surface area contributed by atoms with E-state index in [-0.39, 0.29) is 30.7 Å². The number of hydrogen-bond donors (Lipinski definition) is 2. The largest absolute Gasteiger partial charge is 0.351 e. The van der Waals surface area contributed by atoms with Gasteiger partial charge in [0.1, 0.15) is 0 Å². The Balaban J connectivity index is 0.00000169. The summed E-state index contributed by atoms with van der Waals surface area (Å²) in [5.41, 5.74) is 3.45. The molecule has 1 fully saturated rings. The van der Waals surface area contributed by atoms with E-state index in [1.165, 1.54) is 12.0 Å². The summed E-state index contributed by atoms with van der Waals surface area (Å²) in [4.78, 5) is 17.7. The second-order valence-corrected chi connectivity index (χ2v) is 7.86. The lowest BCUT2D eigenvalue weighted by Crippen LogP contribution is -2.24. The maximum absolute atomic E-state index is 12.1. The van der Waals surface area contributed by atoms with Crippen molar-refractivity contribution in [2.24, 2.45) is 5.92 Å². The van der Waals surface area contributed by atoms with Crippen molar-refractivity contribution in [3.05, 3.63) is 51.0 Å². The van der Waals surface area contributed by atoms with Gasteiger partial charge in [0.05, 0.1) is 23.7 Å². The Hall–Kier alpha value is -1.14. The second kappa shape index (κ2) is 10.9. The number of thiazole rings is 1. The van der Waals surface area contributed by atoms with Crippen LogP contribution in [0.2, 0.25) is 0 Å². The first-order chi connectivity index (χ1) is 11.6. The number of aryl methyl sites for hydroxylation is 2. The standard InChI is InChI=1S/C19H25N3OS.2ClH/c1-13-18(24-14(2)22-13)12-21-19(23)10-16-5-3-15(4-6-16)9-17-7-8-20-11-17;;/h3-6,17,20H,7-12H2,1-2H3,(H,21,23);2*1H. The molecule has 0 aliphatic carbocycles. The molecule has 0 saturated carbocycles. The van der Waals surface area contributed by atoms with Gasteiger partial charge in [-0.1, -0.05) is 24.3 Å². The van der Waals surface area contributed by atoms with Crippen molar-refractivity contribution >= 4 is 42.1 Å². The second-order valence-electron chi connectivity index (χ2n) is 6.57. The number of rotatable bonds is 6. The summed E-state index contributed by atoms with van der Waals surface area (Å²) in [6.45, 7) is 6.82. The van der Waals surface area contributed by atoms with Crippen molar-refractivity contribution in [2.75, 3.05) is 13.1 Å². The molecule has 7 heteroatoms. The highest BCUT2D eigenvalue weighted by molar-refractivity contribution is 7.11. The molecule has 1 aromatic heterocycles. The first kappa shape index (κ1) is 22.9. The van der Waals surface area contributed by atoms with E-state index in [0.717, 1.165) is 46.6 Å². The summed E-state index contributed by atoms with van der Waals surface area (Å²) in [5.74, 6) is 0.818. The maximum Gasteiger partial charge on any atom is 0.224 e. The van der Waals surface area contributed by atoms with Crippen molar-refractivity contribution in [3.8, 4) is 0 Å². The molecule has 0 radical (unpaired) electrons. The summed E-state index contributed by atoms with van der Waals surface area (Å²) in [5, 5.41) is 7.45. The molecule has 2 aromatic rings. The van der Waals surface area contributed by atoms with Gasteiger partial charge in [-0.05, 0) is 56.8 Å². The van der Waals surface area contributed by atoms with Crippen LogP contribution >= 0.6 is 36.2 Å². The van der Waals surface area contributed by atoms with Gasteiger partial charge in [-0.2, -0.15) is 0 Å². The van der Waals surface area contributed by atoms with E-state index in [0.29, 0.717) is 13.0 Å². The van der Waals surface area contributed by atoms with Gasteiger partial charge in [-0.3, -0.25) is 4.79 Å². The van der Waals surface area contributed by atoms with E-state index < -0.39 is 0 Å². The Morgan fingerprint density at radius 3 is 2.50 bits per heavy atom. The number of carbonyl (C=O) groups excluding carboxylic acids is 1. The predicted molar refractivity (Wildman–Crippen MR) is 113 cm³/mol. The van der Waals surface area contributed by atoms with Gasteiger partial charge in [-0.15, -0.1) is 36.2 Å². The number of benzene rings is 1. The first-order valence-electron chi connectivity index (χ1n) is 8.58. The van der Waals surface area contributed by atoms with E-state index in [2.05, 4.69) is 39.9 Å². The van der Waals surface area contributed by atoms with Crippen LogP contribution in [0.4, 0.5) is 0 Å². The van der Waals surface area contributed by atoms with Crippen molar-refractivity contribution in [1.29, 1.82) is 0 Å². The Kier molecular flexibility index (Phi) is 9.58. The molecule has 1 atom stereocenters. The number of amides is 1. The normalized spacial score (nSPS) is 15.8. The summed E-state index contributed by atoms with van der Waals surface area (Å²) >= 11 is 1.65. The third kappa shape index (κ3) is 6.54. The van der Waals surface area contributed by atoms with Crippen LogP contribution in [0.1, 0.15) is 33.1 Å². The molecule has 3 rings (SSSR count). The van der Waals surface area contributed by atoms with Gasteiger partial charge in [0.25, 0.3) is 0 Å². The van der Waals surface area contributed by atoms with Gasteiger partial charge in [-0.25, -0.2) is 4.98 Å². The predicted octanol–water partition coefficient (Wildman–Crippen LogP) is 3.61. The van der Waals surface area contributed by atoms with E-state index in [9.17, 15) is 4.79 Å². The minimum Gasteiger partial charge on any atom is -0.351 e. The lowest BCUT2D eigenvalue weighted by molar-refractivity contribution is -0.120. The molecular formula is C19H27Cl2N3OS. The smallest absolute Gasteiger partial charge is 0.224 e. The van der Waals surface area contributed by atoms with Crippen molar-refractivity contribution in [1.82, 2.24) is 15.6 Å². The number of aromatic nitrogens is 1. The van der Waals surface area contributed by atoms with Crippen LogP contribution in [0, 0.1) is 19.8 Å². The Labute approximate surface area is 172 Å². The van der Waals surface area contributed by atoms with E-state index in [1.54, 1.807) is 11.3 Å². The third-order valence-corrected chi connectivity index (χ3v) is 5.59. The lowest BCUT2D eigenvalue weighted by atomic mass is 9.97. The zero-order valence-electron chi connectivity index (χ0n) is 15.2. The number of nitrogens with one attached hydrogen (secondary N) is 2. The summed E-state index contributed by atoms with van der Waals surface area (Å²) in [6, 6.07) is 8.49. The lowest BCUT2D eigenvalue weighted by Gasteiger charge is -2.09. The number of hydrogen-bond acceptors (Lipinski definition) is 4. The van der Waals surface area contributed by atoms with Gasteiger partial charge < -0.3 is 10.6 Å². The molecule has 2 heterocycles. The average molecular weight is 416 g/mol. The molecule has 1 unspecified atom stereocenters. The molecule has 1 aromatic carbocycles. The van der Waals surface area contributed by atoms with Gasteiger partial charge >= 0.3 is 0 Å². The number of nitrogens with zero attached hydrogens (tertiary/aromatic N) is 1. The minimum atomic E-state index is 0. The van der Waals surface area contributed by atoms with Crippen molar-refractivity contribution in [2.45, 2.75) is 39.7 Å². The fourth-order valence-electron chi connectivity index (χ4n) is 3.18.